The summed E-state index contributed by atoms with van der Waals surface area (Å²) in [7, 11) is -1.38. The van der Waals surface area contributed by atoms with Crippen molar-refractivity contribution < 1.29 is 8.42 Å². The Labute approximate surface area is 182 Å². The molecule has 1 heterocycles. The molecule has 2 N–H and O–H groups in total. The van der Waals surface area contributed by atoms with Crippen LogP contribution in [0.1, 0.15) is 62.5 Å². The molecule has 1 aromatic carbocycles. The maximum absolute atomic E-state index is 11.8. The predicted molar refractivity (Wildman–Crippen MR) is 124 cm³/mol. The van der Waals surface area contributed by atoms with Gasteiger partial charge in [0.15, 0.2) is 15.8 Å². The Morgan fingerprint density at radius 1 is 1.07 bits per heavy atom. The van der Waals surface area contributed by atoms with Gasteiger partial charge in [-0.25, -0.2) is 8.42 Å². The molecule has 7 heteroatoms. The molecule has 1 saturated carbocycles. The number of hydrogen-bond acceptors (Lipinski definition) is 4. The molecule has 1 aliphatic carbocycles. The van der Waals surface area contributed by atoms with Gasteiger partial charge in [-0.05, 0) is 62.9 Å². The van der Waals surface area contributed by atoms with Gasteiger partial charge in [-0.3, -0.25) is 9.89 Å². The van der Waals surface area contributed by atoms with Crippen molar-refractivity contribution in [2.75, 3.05) is 32.9 Å². The molecule has 30 heavy (non-hydrogen) atoms. The summed E-state index contributed by atoms with van der Waals surface area (Å²) in [5.74, 6) is 0.807. The molecule has 168 valence electrons. The van der Waals surface area contributed by atoms with Crippen LogP contribution in [0.4, 0.5) is 0 Å². The lowest BCUT2D eigenvalue weighted by atomic mass is 9.79. The van der Waals surface area contributed by atoms with Crippen molar-refractivity contribution in [2.45, 2.75) is 75.3 Å². The van der Waals surface area contributed by atoms with Crippen LogP contribution in [0, 0.1) is 6.92 Å². The third kappa shape index (κ3) is 5.76. The Morgan fingerprint density at radius 2 is 1.73 bits per heavy atom. The van der Waals surface area contributed by atoms with Gasteiger partial charge in [0, 0.05) is 31.9 Å². The van der Waals surface area contributed by atoms with Crippen molar-refractivity contribution in [1.82, 2.24) is 15.5 Å². The Hall–Kier alpha value is -1.60. The van der Waals surface area contributed by atoms with Gasteiger partial charge >= 0.3 is 0 Å². The van der Waals surface area contributed by atoms with E-state index in [-0.39, 0.29) is 5.54 Å². The van der Waals surface area contributed by atoms with Crippen LogP contribution in [0.3, 0.4) is 0 Å². The minimum Gasteiger partial charge on any atom is -0.355 e. The highest BCUT2D eigenvalue weighted by Gasteiger charge is 2.38. The number of benzene rings is 1. The van der Waals surface area contributed by atoms with Crippen molar-refractivity contribution in [3.05, 3.63) is 29.3 Å². The fraction of sp³-hybridized carbons (Fsp3) is 0.696. The summed E-state index contributed by atoms with van der Waals surface area (Å²) >= 11 is 0. The second kappa shape index (κ2) is 10.1. The largest absolute Gasteiger partial charge is 0.355 e. The zero-order valence-corrected chi connectivity index (χ0v) is 19.7. The third-order valence-electron chi connectivity index (χ3n) is 6.72. The van der Waals surface area contributed by atoms with Crippen LogP contribution in [0.5, 0.6) is 0 Å². The van der Waals surface area contributed by atoms with Gasteiger partial charge in [-0.1, -0.05) is 37.8 Å². The quantitative estimate of drug-likeness (QED) is 0.531. The van der Waals surface area contributed by atoms with Crippen LogP contribution >= 0.6 is 0 Å². The zero-order chi connectivity index (χ0) is 21.6. The summed E-state index contributed by atoms with van der Waals surface area (Å²) in [6.45, 7) is 5.83. The topological polar surface area (TPSA) is 73.8 Å². The van der Waals surface area contributed by atoms with Crippen molar-refractivity contribution in [1.29, 1.82) is 0 Å². The summed E-state index contributed by atoms with van der Waals surface area (Å²) in [4.78, 5) is 7.56. The smallest absolute Gasteiger partial charge is 0.191 e. The van der Waals surface area contributed by atoms with Crippen LogP contribution in [-0.2, 0) is 16.4 Å². The SMILES string of the molecule is CN=C(NCc1ccc(S(C)(=O)=O)c(C)c1)NCC1(N2CCCCC2)CCCCC1. The van der Waals surface area contributed by atoms with Gasteiger partial charge in [0.25, 0.3) is 0 Å². The van der Waals surface area contributed by atoms with Crippen molar-refractivity contribution in [3.63, 3.8) is 0 Å². The van der Waals surface area contributed by atoms with Gasteiger partial charge in [0.1, 0.15) is 0 Å². The fourth-order valence-corrected chi connectivity index (χ4v) is 6.03. The second-order valence-electron chi connectivity index (χ2n) is 8.98. The molecule has 0 radical (unpaired) electrons. The van der Waals surface area contributed by atoms with Gasteiger partial charge < -0.3 is 10.6 Å². The molecule has 0 unspecified atom stereocenters. The molecule has 2 aliphatic rings. The van der Waals surface area contributed by atoms with Gasteiger partial charge in [-0.15, -0.1) is 0 Å². The van der Waals surface area contributed by atoms with E-state index < -0.39 is 9.84 Å². The molecule has 0 atom stereocenters. The highest BCUT2D eigenvalue weighted by molar-refractivity contribution is 7.90. The maximum atomic E-state index is 11.8. The van der Waals surface area contributed by atoms with Gasteiger partial charge in [0.2, 0.25) is 0 Å². The number of piperidine rings is 1. The van der Waals surface area contributed by atoms with Crippen molar-refractivity contribution in [2.24, 2.45) is 4.99 Å². The van der Waals surface area contributed by atoms with Crippen LogP contribution in [0.15, 0.2) is 28.1 Å². The van der Waals surface area contributed by atoms with E-state index in [1.165, 1.54) is 70.7 Å². The van der Waals surface area contributed by atoms with Gasteiger partial charge in [0.05, 0.1) is 4.90 Å². The van der Waals surface area contributed by atoms with E-state index in [9.17, 15) is 8.42 Å². The molecule has 1 saturated heterocycles. The monoisotopic (exact) mass is 434 g/mol. The Balaban J connectivity index is 1.60. The van der Waals surface area contributed by atoms with Crippen LogP contribution in [0.25, 0.3) is 0 Å². The van der Waals surface area contributed by atoms with Gasteiger partial charge in [-0.2, -0.15) is 0 Å². The first kappa shape index (κ1) is 23.1. The molecule has 2 fully saturated rings. The summed E-state index contributed by atoms with van der Waals surface area (Å²) in [6.07, 6.45) is 11.8. The maximum Gasteiger partial charge on any atom is 0.191 e. The van der Waals surface area contributed by atoms with E-state index in [4.69, 9.17) is 0 Å². The average molecular weight is 435 g/mol. The lowest BCUT2D eigenvalue weighted by Gasteiger charge is -2.48. The molecular formula is C23H38N4O2S. The first-order chi connectivity index (χ1) is 14.3. The Morgan fingerprint density at radius 3 is 2.33 bits per heavy atom. The molecule has 1 aromatic rings. The Kier molecular flexibility index (Phi) is 7.80. The second-order valence-corrected chi connectivity index (χ2v) is 11.0. The average Bonchev–Trinajstić information content (AvgIpc) is 2.74. The highest BCUT2D eigenvalue weighted by atomic mass is 32.2. The number of likely N-dealkylation sites (tertiary alicyclic amines) is 1. The molecule has 6 nitrogen and oxygen atoms in total. The summed E-state index contributed by atoms with van der Waals surface area (Å²) in [5.41, 5.74) is 2.08. The number of aryl methyl sites for hydroxylation is 1. The van der Waals surface area contributed by atoms with E-state index in [0.29, 0.717) is 11.4 Å². The third-order valence-corrected chi connectivity index (χ3v) is 7.98. The van der Waals surface area contributed by atoms with Crippen LogP contribution < -0.4 is 10.6 Å². The number of sulfone groups is 1. The summed E-state index contributed by atoms with van der Waals surface area (Å²) < 4.78 is 23.6. The molecule has 0 aromatic heterocycles. The lowest BCUT2D eigenvalue weighted by molar-refractivity contribution is 0.0368. The summed E-state index contributed by atoms with van der Waals surface area (Å²) in [6, 6.07) is 5.51. The van der Waals surface area contributed by atoms with E-state index in [1.807, 2.05) is 26.1 Å². The standard InChI is InChI=1S/C23H38N4O2S/c1-19-16-20(10-11-21(19)30(3,28)29)17-25-22(24-2)26-18-23(12-6-4-7-13-23)27-14-8-5-9-15-27/h10-11,16H,4-9,12-15,17-18H2,1-3H3,(H2,24,25,26). The van der Waals surface area contributed by atoms with E-state index in [1.54, 1.807) is 6.07 Å². The van der Waals surface area contributed by atoms with Crippen LogP contribution in [-0.4, -0.2) is 57.8 Å². The van der Waals surface area contributed by atoms with Crippen LogP contribution in [0.2, 0.25) is 0 Å². The minimum absolute atomic E-state index is 0.254. The first-order valence-corrected chi connectivity index (χ1v) is 13.2. The van der Waals surface area contributed by atoms with Crippen molar-refractivity contribution >= 4 is 15.8 Å². The minimum atomic E-state index is -3.19. The zero-order valence-electron chi connectivity index (χ0n) is 18.8. The van der Waals surface area contributed by atoms with Crippen molar-refractivity contribution in [3.8, 4) is 0 Å². The fourth-order valence-electron chi connectivity index (χ4n) is 5.08. The molecular weight excluding hydrogens is 396 g/mol. The number of hydrogen-bond donors (Lipinski definition) is 2. The molecule has 0 amide bonds. The first-order valence-electron chi connectivity index (χ1n) is 11.3. The number of rotatable bonds is 6. The molecule has 1 aliphatic heterocycles. The molecule has 3 rings (SSSR count). The summed E-state index contributed by atoms with van der Waals surface area (Å²) in [5, 5.41) is 7.00. The molecule has 0 spiro atoms. The Bertz CT molecular complexity index is 839. The van der Waals surface area contributed by atoms with E-state index in [0.717, 1.165) is 23.6 Å². The number of aliphatic imine (C=N–C) groups is 1. The predicted octanol–water partition coefficient (Wildman–Crippen LogP) is 3.25. The van der Waals surface area contributed by atoms with E-state index in [2.05, 4.69) is 20.5 Å². The molecule has 0 bridgehead atoms. The highest BCUT2D eigenvalue weighted by Crippen LogP contribution is 2.35. The lowest BCUT2D eigenvalue weighted by Crippen LogP contribution is -2.59. The number of nitrogens with zero attached hydrogens (tertiary/aromatic N) is 2. The number of guanidine groups is 1. The number of nitrogens with one attached hydrogen (secondary N) is 2. The normalized spacial score (nSPS) is 20.7. The van der Waals surface area contributed by atoms with E-state index >= 15 is 0 Å².